The van der Waals surface area contributed by atoms with Crippen LogP contribution < -0.4 is 9.47 Å². The molecular formula is C22H27NO4. The van der Waals surface area contributed by atoms with Crippen LogP contribution in [0.15, 0.2) is 36.4 Å². The maximum absolute atomic E-state index is 11.9. The van der Waals surface area contributed by atoms with Gasteiger partial charge in [0.1, 0.15) is 17.5 Å². The van der Waals surface area contributed by atoms with Crippen molar-refractivity contribution in [3.63, 3.8) is 0 Å². The van der Waals surface area contributed by atoms with Gasteiger partial charge in [0.25, 0.3) is 0 Å². The highest BCUT2D eigenvalue weighted by molar-refractivity contribution is 5.74. The predicted octanol–water partition coefficient (Wildman–Crippen LogP) is 3.96. The molecule has 3 rings (SSSR count). The van der Waals surface area contributed by atoms with Gasteiger partial charge in [0.15, 0.2) is 0 Å². The van der Waals surface area contributed by atoms with Crippen molar-refractivity contribution in [1.82, 2.24) is 4.90 Å². The molecule has 2 aromatic rings. The Bertz CT molecular complexity index is 811. The average Bonchev–Trinajstić information content (AvgIpc) is 3.14. The van der Waals surface area contributed by atoms with Gasteiger partial charge in [-0.1, -0.05) is 29.8 Å². The van der Waals surface area contributed by atoms with Gasteiger partial charge in [-0.05, 0) is 49.9 Å². The fourth-order valence-corrected chi connectivity index (χ4v) is 4.07. The fraction of sp³-hybridized carbons (Fsp3) is 0.409. The topological polar surface area (TPSA) is 59.0 Å². The minimum Gasteiger partial charge on any atom is -0.496 e. The lowest BCUT2D eigenvalue weighted by Crippen LogP contribution is -2.39. The first-order valence-electron chi connectivity index (χ1n) is 9.24. The lowest BCUT2D eigenvalue weighted by Gasteiger charge is -2.34. The number of aryl methyl sites for hydroxylation is 2. The minimum atomic E-state index is -0.781. The van der Waals surface area contributed by atoms with Gasteiger partial charge >= 0.3 is 5.97 Å². The number of carboxylic acids is 1. The molecule has 0 aromatic heterocycles. The number of benzene rings is 2. The molecule has 2 unspecified atom stereocenters. The molecule has 2 aromatic carbocycles. The summed E-state index contributed by atoms with van der Waals surface area (Å²) < 4.78 is 11.3. The Labute approximate surface area is 160 Å². The summed E-state index contributed by atoms with van der Waals surface area (Å²) >= 11 is 0. The third-order valence-electron chi connectivity index (χ3n) is 5.38. The predicted molar refractivity (Wildman–Crippen MR) is 105 cm³/mol. The quantitative estimate of drug-likeness (QED) is 0.835. The van der Waals surface area contributed by atoms with Gasteiger partial charge in [0.05, 0.1) is 25.8 Å². The van der Waals surface area contributed by atoms with Gasteiger partial charge < -0.3 is 14.6 Å². The normalized spacial score (nSPS) is 18.3. The number of aliphatic carboxylic acids is 1. The van der Waals surface area contributed by atoms with Gasteiger partial charge in [0, 0.05) is 6.54 Å². The summed E-state index contributed by atoms with van der Waals surface area (Å²) in [5, 5.41) is 9.80. The molecule has 0 aliphatic carbocycles. The Morgan fingerprint density at radius 2 is 1.81 bits per heavy atom. The van der Waals surface area contributed by atoms with Gasteiger partial charge in [-0.15, -0.1) is 0 Å². The summed E-state index contributed by atoms with van der Waals surface area (Å²) in [5.74, 6) is 0.629. The molecule has 1 aliphatic rings. The van der Waals surface area contributed by atoms with Crippen molar-refractivity contribution in [2.45, 2.75) is 38.8 Å². The van der Waals surface area contributed by atoms with Crippen molar-refractivity contribution < 1.29 is 19.4 Å². The molecule has 1 fully saturated rings. The number of carboxylic acid groups (broad SMARTS) is 1. The number of rotatable bonds is 6. The summed E-state index contributed by atoms with van der Waals surface area (Å²) in [6.07, 6.45) is 1.50. The van der Waals surface area contributed by atoms with E-state index in [1.807, 2.05) is 18.2 Å². The number of hydrogen-bond acceptors (Lipinski definition) is 4. The van der Waals surface area contributed by atoms with Crippen LogP contribution in [0.4, 0.5) is 0 Å². The molecule has 144 valence electrons. The van der Waals surface area contributed by atoms with E-state index >= 15 is 0 Å². The van der Waals surface area contributed by atoms with E-state index in [-0.39, 0.29) is 6.04 Å². The summed E-state index contributed by atoms with van der Waals surface area (Å²) in [4.78, 5) is 14.0. The Kier molecular flexibility index (Phi) is 5.71. The van der Waals surface area contributed by atoms with E-state index < -0.39 is 12.0 Å². The molecule has 1 saturated heterocycles. The monoisotopic (exact) mass is 369 g/mol. The molecule has 1 N–H and O–H groups in total. The Morgan fingerprint density at radius 3 is 2.41 bits per heavy atom. The van der Waals surface area contributed by atoms with Crippen LogP contribution in [0.3, 0.4) is 0 Å². The van der Waals surface area contributed by atoms with Crippen LogP contribution in [0.2, 0.25) is 0 Å². The molecular weight excluding hydrogens is 342 g/mol. The Morgan fingerprint density at radius 1 is 1.15 bits per heavy atom. The first kappa shape index (κ1) is 19.2. The minimum absolute atomic E-state index is 0.250. The summed E-state index contributed by atoms with van der Waals surface area (Å²) in [5.41, 5.74) is 4.23. The third-order valence-corrected chi connectivity index (χ3v) is 5.38. The van der Waals surface area contributed by atoms with Crippen molar-refractivity contribution in [2.75, 3.05) is 20.8 Å². The third kappa shape index (κ3) is 3.65. The Hall–Kier alpha value is -2.53. The van der Waals surface area contributed by atoms with Crippen LogP contribution in [0.25, 0.3) is 0 Å². The lowest BCUT2D eigenvalue weighted by molar-refractivity contribution is -0.142. The maximum Gasteiger partial charge on any atom is 0.320 e. The highest BCUT2D eigenvalue weighted by Crippen LogP contribution is 2.44. The van der Waals surface area contributed by atoms with Crippen LogP contribution in [-0.4, -0.2) is 42.8 Å². The zero-order chi connectivity index (χ0) is 19.6. The van der Waals surface area contributed by atoms with Gasteiger partial charge in [-0.2, -0.15) is 0 Å². The Balaban J connectivity index is 2.26. The molecule has 1 heterocycles. The first-order valence-corrected chi connectivity index (χ1v) is 9.24. The first-order chi connectivity index (χ1) is 13.0. The second kappa shape index (κ2) is 8.01. The number of hydrogen-bond donors (Lipinski definition) is 1. The maximum atomic E-state index is 11.9. The van der Waals surface area contributed by atoms with E-state index in [0.29, 0.717) is 17.9 Å². The van der Waals surface area contributed by atoms with E-state index in [1.165, 1.54) is 0 Å². The molecule has 2 atom stereocenters. The highest BCUT2D eigenvalue weighted by Gasteiger charge is 2.39. The number of methoxy groups -OCH3 is 2. The molecule has 0 bridgehead atoms. The fourth-order valence-electron chi connectivity index (χ4n) is 4.07. The van der Waals surface area contributed by atoms with Gasteiger partial charge in [-0.25, -0.2) is 0 Å². The summed E-state index contributed by atoms with van der Waals surface area (Å²) in [6.45, 7) is 4.84. The van der Waals surface area contributed by atoms with Crippen molar-refractivity contribution in [3.8, 4) is 11.5 Å². The smallest absolute Gasteiger partial charge is 0.320 e. The number of ether oxygens (including phenoxy) is 2. The second-order valence-corrected chi connectivity index (χ2v) is 7.07. The van der Waals surface area contributed by atoms with Gasteiger partial charge in [0.2, 0.25) is 0 Å². The zero-order valence-corrected chi connectivity index (χ0v) is 16.4. The SMILES string of the molecule is COc1cccc(OC)c1C(c1cc(C)ccc1C)N1CCCC1C(=O)O. The van der Waals surface area contributed by atoms with E-state index in [2.05, 4.69) is 36.9 Å². The lowest BCUT2D eigenvalue weighted by atomic mass is 9.90. The zero-order valence-electron chi connectivity index (χ0n) is 16.4. The van der Waals surface area contributed by atoms with Crippen LogP contribution in [0.1, 0.15) is 41.1 Å². The largest absolute Gasteiger partial charge is 0.496 e. The van der Waals surface area contributed by atoms with Crippen LogP contribution in [0, 0.1) is 13.8 Å². The molecule has 5 heteroatoms. The van der Waals surface area contributed by atoms with Crippen molar-refractivity contribution in [2.24, 2.45) is 0 Å². The van der Waals surface area contributed by atoms with E-state index in [9.17, 15) is 9.90 Å². The molecule has 0 spiro atoms. The highest BCUT2D eigenvalue weighted by atomic mass is 16.5. The van der Waals surface area contributed by atoms with E-state index in [4.69, 9.17) is 9.47 Å². The number of carbonyl (C=O) groups is 1. The van der Waals surface area contributed by atoms with Crippen LogP contribution in [-0.2, 0) is 4.79 Å². The summed E-state index contributed by atoms with van der Waals surface area (Å²) in [7, 11) is 3.27. The number of likely N-dealkylation sites (tertiary alicyclic amines) is 1. The van der Waals surface area contributed by atoms with E-state index in [0.717, 1.165) is 35.2 Å². The average molecular weight is 369 g/mol. The van der Waals surface area contributed by atoms with Crippen LogP contribution in [0.5, 0.6) is 11.5 Å². The molecule has 0 radical (unpaired) electrons. The number of nitrogens with zero attached hydrogens (tertiary/aromatic N) is 1. The van der Waals surface area contributed by atoms with Crippen molar-refractivity contribution in [1.29, 1.82) is 0 Å². The molecule has 0 amide bonds. The molecule has 27 heavy (non-hydrogen) atoms. The van der Waals surface area contributed by atoms with Crippen LogP contribution >= 0.6 is 0 Å². The summed E-state index contributed by atoms with van der Waals surface area (Å²) in [6, 6.07) is 11.2. The van der Waals surface area contributed by atoms with E-state index in [1.54, 1.807) is 14.2 Å². The van der Waals surface area contributed by atoms with Crippen molar-refractivity contribution in [3.05, 3.63) is 58.7 Å². The molecule has 5 nitrogen and oxygen atoms in total. The molecule has 0 saturated carbocycles. The van der Waals surface area contributed by atoms with Crippen molar-refractivity contribution >= 4 is 5.97 Å². The van der Waals surface area contributed by atoms with Gasteiger partial charge in [-0.3, -0.25) is 9.69 Å². The molecule has 1 aliphatic heterocycles. The standard InChI is InChI=1S/C22H27NO4/c1-14-10-11-15(2)16(13-14)21(23-12-6-7-17(23)22(24)25)20-18(26-3)8-5-9-19(20)27-4/h5,8-11,13,17,21H,6-7,12H2,1-4H3,(H,24,25). The second-order valence-electron chi connectivity index (χ2n) is 7.07.